The number of pyridine rings is 1. The van der Waals surface area contributed by atoms with Gasteiger partial charge in [0.05, 0.1) is 11.6 Å². The lowest BCUT2D eigenvalue weighted by atomic mass is 9.81. The Kier molecular flexibility index (Phi) is 3.24. The van der Waals surface area contributed by atoms with Crippen molar-refractivity contribution in [3.8, 4) is 0 Å². The van der Waals surface area contributed by atoms with Crippen LogP contribution in [0.4, 0.5) is 0 Å². The SMILES string of the molecule is OC(c1ccc2ncccc2c1)C1CCCc2sccc21. The van der Waals surface area contributed by atoms with Gasteiger partial charge >= 0.3 is 0 Å². The molecule has 1 aliphatic carbocycles. The Balaban J connectivity index is 1.72. The van der Waals surface area contributed by atoms with Gasteiger partial charge in [-0.15, -0.1) is 11.3 Å². The summed E-state index contributed by atoms with van der Waals surface area (Å²) >= 11 is 1.82. The maximum absolute atomic E-state index is 10.9. The van der Waals surface area contributed by atoms with Gasteiger partial charge in [0.1, 0.15) is 0 Å². The van der Waals surface area contributed by atoms with Gasteiger partial charge in [0.25, 0.3) is 0 Å². The van der Waals surface area contributed by atoms with Crippen molar-refractivity contribution >= 4 is 22.2 Å². The average molecular weight is 295 g/mol. The maximum atomic E-state index is 10.9. The number of rotatable bonds is 2. The number of aromatic nitrogens is 1. The van der Waals surface area contributed by atoms with Crippen molar-refractivity contribution < 1.29 is 5.11 Å². The number of benzene rings is 1. The molecule has 21 heavy (non-hydrogen) atoms. The van der Waals surface area contributed by atoms with E-state index in [1.165, 1.54) is 16.9 Å². The summed E-state index contributed by atoms with van der Waals surface area (Å²) in [5.74, 6) is 0.231. The molecular weight excluding hydrogens is 278 g/mol. The van der Waals surface area contributed by atoms with E-state index in [1.54, 1.807) is 6.20 Å². The zero-order valence-corrected chi connectivity index (χ0v) is 12.5. The van der Waals surface area contributed by atoms with E-state index >= 15 is 0 Å². The number of thiophene rings is 1. The van der Waals surface area contributed by atoms with E-state index in [1.807, 2.05) is 29.5 Å². The molecule has 1 aromatic carbocycles. The molecule has 2 aromatic heterocycles. The smallest absolute Gasteiger partial charge is 0.0859 e. The normalized spacial score (nSPS) is 19.4. The lowest BCUT2D eigenvalue weighted by Gasteiger charge is -2.27. The minimum absolute atomic E-state index is 0.231. The van der Waals surface area contributed by atoms with Crippen LogP contribution in [0.2, 0.25) is 0 Å². The molecule has 2 atom stereocenters. The Morgan fingerprint density at radius 2 is 2.19 bits per heavy atom. The van der Waals surface area contributed by atoms with Crippen molar-refractivity contribution in [2.45, 2.75) is 31.3 Å². The molecule has 0 aliphatic heterocycles. The van der Waals surface area contributed by atoms with Crippen molar-refractivity contribution in [1.82, 2.24) is 4.98 Å². The standard InChI is InChI=1S/C18H17NOS/c20-18(15-4-1-5-17-14(15)8-10-21-17)13-6-7-16-12(11-13)3-2-9-19-16/h2-3,6-11,15,18,20H,1,4-5H2. The number of aryl methyl sites for hydroxylation is 1. The summed E-state index contributed by atoms with van der Waals surface area (Å²) in [5, 5.41) is 14.1. The second-order valence-corrected chi connectivity index (χ2v) is 6.70. The monoisotopic (exact) mass is 295 g/mol. The van der Waals surface area contributed by atoms with Crippen LogP contribution in [0, 0.1) is 0 Å². The van der Waals surface area contributed by atoms with Gasteiger partial charge in [-0.2, -0.15) is 0 Å². The topological polar surface area (TPSA) is 33.1 Å². The quantitative estimate of drug-likeness (QED) is 0.757. The molecule has 0 saturated carbocycles. The van der Waals surface area contributed by atoms with E-state index in [0.717, 1.165) is 29.3 Å². The van der Waals surface area contributed by atoms with E-state index in [9.17, 15) is 5.11 Å². The fourth-order valence-electron chi connectivity index (χ4n) is 3.36. The maximum Gasteiger partial charge on any atom is 0.0859 e. The van der Waals surface area contributed by atoms with Crippen LogP contribution >= 0.6 is 11.3 Å². The molecule has 2 nitrogen and oxygen atoms in total. The summed E-state index contributed by atoms with van der Waals surface area (Å²) in [6, 6.07) is 12.3. The molecule has 2 unspecified atom stereocenters. The van der Waals surface area contributed by atoms with Gasteiger partial charge in [0.2, 0.25) is 0 Å². The fourth-order valence-corrected chi connectivity index (χ4v) is 4.36. The van der Waals surface area contributed by atoms with Crippen LogP contribution in [0.1, 0.15) is 40.9 Å². The predicted octanol–water partition coefficient (Wildman–Crippen LogP) is 4.45. The molecule has 0 radical (unpaired) electrons. The largest absolute Gasteiger partial charge is 0.388 e. The van der Waals surface area contributed by atoms with Crippen LogP contribution in [0.25, 0.3) is 10.9 Å². The summed E-state index contributed by atoms with van der Waals surface area (Å²) in [5.41, 5.74) is 3.33. The molecule has 106 valence electrons. The minimum atomic E-state index is -0.428. The number of nitrogens with zero attached hydrogens (tertiary/aromatic N) is 1. The second kappa shape index (κ2) is 5.24. The molecule has 1 N–H and O–H groups in total. The minimum Gasteiger partial charge on any atom is -0.388 e. The van der Waals surface area contributed by atoms with Crippen molar-refractivity contribution in [2.75, 3.05) is 0 Å². The zero-order chi connectivity index (χ0) is 14.2. The highest BCUT2D eigenvalue weighted by Crippen LogP contribution is 2.42. The molecule has 0 saturated heterocycles. The predicted molar refractivity (Wildman–Crippen MR) is 86.7 cm³/mol. The lowest BCUT2D eigenvalue weighted by molar-refractivity contribution is 0.136. The van der Waals surface area contributed by atoms with E-state index in [-0.39, 0.29) is 5.92 Å². The van der Waals surface area contributed by atoms with E-state index in [4.69, 9.17) is 0 Å². The van der Waals surface area contributed by atoms with Gasteiger partial charge in [-0.1, -0.05) is 12.1 Å². The summed E-state index contributed by atoms with van der Waals surface area (Å²) in [4.78, 5) is 5.79. The average Bonchev–Trinajstić information content (AvgIpc) is 3.02. The summed E-state index contributed by atoms with van der Waals surface area (Å²) in [6.45, 7) is 0. The Morgan fingerprint density at radius 1 is 1.24 bits per heavy atom. The van der Waals surface area contributed by atoms with Crippen LogP contribution in [-0.4, -0.2) is 10.1 Å². The molecule has 3 heteroatoms. The Hall–Kier alpha value is -1.71. The first-order chi connectivity index (χ1) is 10.3. The van der Waals surface area contributed by atoms with Crippen molar-refractivity contribution in [1.29, 1.82) is 0 Å². The van der Waals surface area contributed by atoms with Crippen LogP contribution in [0.3, 0.4) is 0 Å². The van der Waals surface area contributed by atoms with Gasteiger partial charge in [-0.05, 0) is 60.0 Å². The van der Waals surface area contributed by atoms with Crippen molar-refractivity contribution in [3.63, 3.8) is 0 Å². The van der Waals surface area contributed by atoms with E-state index in [0.29, 0.717) is 0 Å². The van der Waals surface area contributed by atoms with E-state index < -0.39 is 6.10 Å². The summed E-state index contributed by atoms with van der Waals surface area (Å²) in [7, 11) is 0. The van der Waals surface area contributed by atoms with Crippen LogP contribution in [0.5, 0.6) is 0 Å². The van der Waals surface area contributed by atoms with Gasteiger partial charge in [-0.3, -0.25) is 4.98 Å². The first-order valence-electron chi connectivity index (χ1n) is 7.42. The first-order valence-corrected chi connectivity index (χ1v) is 8.30. The highest BCUT2D eigenvalue weighted by molar-refractivity contribution is 7.10. The number of hydrogen-bond donors (Lipinski definition) is 1. The van der Waals surface area contributed by atoms with Crippen molar-refractivity contribution in [2.24, 2.45) is 0 Å². The molecule has 4 rings (SSSR count). The molecule has 3 aromatic rings. The number of aliphatic hydroxyl groups excluding tert-OH is 1. The highest BCUT2D eigenvalue weighted by atomic mass is 32.1. The molecule has 0 spiro atoms. The third-order valence-corrected chi connectivity index (χ3v) is 5.44. The summed E-state index contributed by atoms with van der Waals surface area (Å²) < 4.78 is 0. The van der Waals surface area contributed by atoms with Crippen LogP contribution in [0.15, 0.2) is 48.0 Å². The molecule has 2 heterocycles. The Bertz CT molecular complexity index is 779. The number of aliphatic hydroxyl groups is 1. The molecule has 0 fully saturated rings. The zero-order valence-electron chi connectivity index (χ0n) is 11.7. The third kappa shape index (κ3) is 2.27. The second-order valence-electron chi connectivity index (χ2n) is 5.70. The van der Waals surface area contributed by atoms with E-state index in [2.05, 4.69) is 28.6 Å². The van der Waals surface area contributed by atoms with Gasteiger partial charge in [0, 0.05) is 22.4 Å². The molecule has 1 aliphatic rings. The third-order valence-electron chi connectivity index (χ3n) is 4.45. The summed E-state index contributed by atoms with van der Waals surface area (Å²) in [6.07, 6.45) is 4.78. The van der Waals surface area contributed by atoms with Crippen molar-refractivity contribution in [3.05, 3.63) is 64.0 Å². The molecule has 0 bridgehead atoms. The molecule has 0 amide bonds. The van der Waals surface area contributed by atoms with Gasteiger partial charge in [0.15, 0.2) is 0 Å². The van der Waals surface area contributed by atoms with Crippen LogP contribution < -0.4 is 0 Å². The van der Waals surface area contributed by atoms with Gasteiger partial charge in [-0.25, -0.2) is 0 Å². The molecular formula is C18H17NOS. The van der Waals surface area contributed by atoms with Crippen LogP contribution in [-0.2, 0) is 6.42 Å². The number of hydrogen-bond acceptors (Lipinski definition) is 3. The lowest BCUT2D eigenvalue weighted by Crippen LogP contribution is -2.15. The fraction of sp³-hybridized carbons (Fsp3) is 0.278. The van der Waals surface area contributed by atoms with Gasteiger partial charge < -0.3 is 5.11 Å². The highest BCUT2D eigenvalue weighted by Gasteiger charge is 2.28. The number of fused-ring (bicyclic) bond motifs is 2. The Morgan fingerprint density at radius 3 is 3.14 bits per heavy atom. The first kappa shape index (κ1) is 13.0. The Labute approximate surface area is 128 Å².